The van der Waals surface area contributed by atoms with E-state index in [9.17, 15) is 4.79 Å². The summed E-state index contributed by atoms with van der Waals surface area (Å²) in [5, 5.41) is 12.1. The van der Waals surface area contributed by atoms with Crippen LogP contribution in [0.5, 0.6) is 0 Å². The van der Waals surface area contributed by atoms with Gasteiger partial charge in [0, 0.05) is 23.6 Å². The van der Waals surface area contributed by atoms with Crippen molar-refractivity contribution in [3.8, 4) is 0 Å². The smallest absolute Gasteiger partial charge is 0.283 e. The Balaban J connectivity index is 1.80. The number of fused-ring (bicyclic) bond motifs is 1. The fourth-order valence-electron chi connectivity index (χ4n) is 2.86. The molecule has 0 saturated heterocycles. The summed E-state index contributed by atoms with van der Waals surface area (Å²) in [4.78, 5) is 11.6. The molecule has 0 bridgehead atoms. The van der Waals surface area contributed by atoms with Gasteiger partial charge in [0.15, 0.2) is 5.76 Å². The summed E-state index contributed by atoms with van der Waals surface area (Å²) < 4.78 is 12.5. The lowest BCUT2D eigenvalue weighted by Crippen LogP contribution is -2.29. The highest BCUT2D eigenvalue weighted by atomic mass is 32.1. The Kier molecular flexibility index (Phi) is 5.50. The van der Waals surface area contributed by atoms with Crippen molar-refractivity contribution in [1.82, 2.24) is 0 Å². The zero-order chi connectivity index (χ0) is 16.9. The molecule has 3 rings (SSSR count). The second-order valence-corrected chi connectivity index (χ2v) is 6.68. The molecule has 1 aromatic heterocycles. The Bertz CT molecular complexity index is 739. The number of unbranched alkanes of at least 4 members (excludes halogenated alkanes) is 1. The maximum atomic E-state index is 11.6. The second kappa shape index (κ2) is 7.79. The van der Waals surface area contributed by atoms with E-state index in [2.05, 4.69) is 17.5 Å². The van der Waals surface area contributed by atoms with Gasteiger partial charge in [0.2, 0.25) is 6.29 Å². The van der Waals surface area contributed by atoms with Crippen LogP contribution in [0, 0.1) is 0 Å². The molecule has 6 heteroatoms. The first-order valence-corrected chi connectivity index (χ1v) is 8.94. The minimum absolute atomic E-state index is 0.0280. The predicted molar refractivity (Wildman–Crippen MR) is 93.6 cm³/mol. The molecular weight excluding hydrogens is 326 g/mol. The van der Waals surface area contributed by atoms with E-state index in [4.69, 9.17) is 20.3 Å². The summed E-state index contributed by atoms with van der Waals surface area (Å²) in [7, 11) is 0. The standard InChI is InChI=1S/C18H21NO4S/c19-18(21)15-9-12(10-17(23-15)22-8-4-3-7-20)14-11-24-16-6-2-1-5-13(14)16/h1-2,5-6,9,11-12,17,20H,3-4,7-8,10H2,(H2,19,21)/t12-,17+/m1/s1. The van der Waals surface area contributed by atoms with Crippen LogP contribution in [0.15, 0.2) is 41.5 Å². The van der Waals surface area contributed by atoms with Crippen molar-refractivity contribution in [3.63, 3.8) is 0 Å². The van der Waals surface area contributed by atoms with Crippen LogP contribution < -0.4 is 5.73 Å². The van der Waals surface area contributed by atoms with Gasteiger partial charge in [-0.2, -0.15) is 0 Å². The SMILES string of the molecule is NC(=O)C1=C[C@@H](c2csc3ccccc23)C[C@@H](OCCCCO)O1. The summed E-state index contributed by atoms with van der Waals surface area (Å²) in [6, 6.07) is 8.21. The van der Waals surface area contributed by atoms with Gasteiger partial charge in [-0.15, -0.1) is 11.3 Å². The Morgan fingerprint density at radius 2 is 2.21 bits per heavy atom. The zero-order valence-corrected chi connectivity index (χ0v) is 14.1. The molecule has 128 valence electrons. The van der Waals surface area contributed by atoms with Crippen LogP contribution in [0.1, 0.15) is 30.7 Å². The number of amides is 1. The largest absolute Gasteiger partial charge is 0.459 e. The van der Waals surface area contributed by atoms with E-state index in [0.717, 1.165) is 6.42 Å². The molecule has 0 saturated carbocycles. The molecule has 2 aromatic rings. The normalized spacial score (nSPS) is 20.6. The van der Waals surface area contributed by atoms with Crippen molar-refractivity contribution in [2.24, 2.45) is 5.73 Å². The van der Waals surface area contributed by atoms with E-state index in [-0.39, 0.29) is 18.3 Å². The summed E-state index contributed by atoms with van der Waals surface area (Å²) in [6.45, 7) is 0.624. The minimum atomic E-state index is -0.580. The van der Waals surface area contributed by atoms with Crippen LogP contribution in [-0.4, -0.2) is 30.5 Å². The van der Waals surface area contributed by atoms with Crippen LogP contribution in [0.2, 0.25) is 0 Å². The molecule has 2 heterocycles. The van der Waals surface area contributed by atoms with E-state index in [0.29, 0.717) is 19.4 Å². The Hall–Kier alpha value is -1.89. The van der Waals surface area contributed by atoms with Gasteiger partial charge in [0.25, 0.3) is 5.91 Å². The third kappa shape index (κ3) is 3.77. The van der Waals surface area contributed by atoms with Gasteiger partial charge in [-0.3, -0.25) is 4.79 Å². The monoisotopic (exact) mass is 347 g/mol. The highest BCUT2D eigenvalue weighted by Crippen LogP contribution is 2.38. The number of thiophene rings is 1. The van der Waals surface area contributed by atoms with Gasteiger partial charge in [0.05, 0.1) is 6.61 Å². The van der Waals surface area contributed by atoms with E-state index >= 15 is 0 Å². The van der Waals surface area contributed by atoms with E-state index in [1.54, 1.807) is 17.4 Å². The topological polar surface area (TPSA) is 81.8 Å². The molecule has 1 aromatic carbocycles. The Morgan fingerprint density at radius 1 is 1.38 bits per heavy atom. The average molecular weight is 347 g/mol. The number of carbonyl (C=O) groups is 1. The molecule has 0 spiro atoms. The molecule has 0 unspecified atom stereocenters. The zero-order valence-electron chi connectivity index (χ0n) is 13.3. The van der Waals surface area contributed by atoms with Gasteiger partial charge in [-0.1, -0.05) is 18.2 Å². The molecule has 0 fully saturated rings. The van der Waals surface area contributed by atoms with Crippen LogP contribution >= 0.6 is 11.3 Å². The fourth-order valence-corrected chi connectivity index (χ4v) is 3.89. The van der Waals surface area contributed by atoms with Crippen molar-refractivity contribution < 1.29 is 19.4 Å². The first kappa shape index (κ1) is 17.0. The van der Waals surface area contributed by atoms with E-state index in [1.165, 1.54) is 15.6 Å². The number of hydrogen-bond acceptors (Lipinski definition) is 5. The molecule has 1 aliphatic rings. The number of benzene rings is 1. The number of primary amides is 1. The maximum Gasteiger partial charge on any atom is 0.283 e. The first-order chi connectivity index (χ1) is 11.7. The van der Waals surface area contributed by atoms with Gasteiger partial charge < -0.3 is 20.3 Å². The fraction of sp³-hybridized carbons (Fsp3) is 0.389. The number of carbonyl (C=O) groups excluding carboxylic acids is 1. The summed E-state index contributed by atoms with van der Waals surface area (Å²) in [6.07, 6.45) is 3.36. The maximum absolute atomic E-state index is 11.6. The van der Waals surface area contributed by atoms with Gasteiger partial charge in [0.1, 0.15) is 0 Å². The third-order valence-corrected chi connectivity index (χ3v) is 5.05. The molecule has 24 heavy (non-hydrogen) atoms. The van der Waals surface area contributed by atoms with Crippen molar-refractivity contribution >= 4 is 27.3 Å². The Labute approximate surface area is 144 Å². The average Bonchev–Trinajstić information content (AvgIpc) is 3.02. The number of aliphatic hydroxyl groups is 1. The van der Waals surface area contributed by atoms with Gasteiger partial charge in [-0.05, 0) is 41.3 Å². The molecule has 0 radical (unpaired) electrons. The predicted octanol–water partition coefficient (Wildman–Crippen LogP) is 2.89. The molecule has 1 aliphatic heterocycles. The number of rotatable bonds is 7. The highest BCUT2D eigenvalue weighted by molar-refractivity contribution is 7.17. The summed E-state index contributed by atoms with van der Waals surface area (Å²) in [5.41, 5.74) is 6.58. The summed E-state index contributed by atoms with van der Waals surface area (Å²) >= 11 is 1.69. The third-order valence-electron chi connectivity index (χ3n) is 4.07. The number of hydrogen-bond donors (Lipinski definition) is 2. The van der Waals surface area contributed by atoms with E-state index in [1.807, 2.05) is 12.1 Å². The van der Waals surface area contributed by atoms with Gasteiger partial charge in [-0.25, -0.2) is 0 Å². The lowest BCUT2D eigenvalue weighted by atomic mass is 9.92. The Morgan fingerprint density at radius 3 is 3.00 bits per heavy atom. The second-order valence-electron chi connectivity index (χ2n) is 5.77. The highest BCUT2D eigenvalue weighted by Gasteiger charge is 2.29. The van der Waals surface area contributed by atoms with Crippen molar-refractivity contribution in [1.29, 1.82) is 0 Å². The molecule has 5 nitrogen and oxygen atoms in total. The molecule has 3 N–H and O–H groups in total. The lowest BCUT2D eigenvalue weighted by Gasteiger charge is -2.28. The number of nitrogens with two attached hydrogens (primary N) is 1. The number of aliphatic hydroxyl groups excluding tert-OH is 1. The van der Waals surface area contributed by atoms with Crippen LogP contribution in [-0.2, 0) is 14.3 Å². The molecule has 1 amide bonds. The van der Waals surface area contributed by atoms with Crippen LogP contribution in [0.4, 0.5) is 0 Å². The lowest BCUT2D eigenvalue weighted by molar-refractivity contribution is -0.144. The van der Waals surface area contributed by atoms with Crippen LogP contribution in [0.3, 0.4) is 0 Å². The van der Waals surface area contributed by atoms with Crippen molar-refractivity contribution in [3.05, 3.63) is 47.0 Å². The van der Waals surface area contributed by atoms with E-state index < -0.39 is 12.2 Å². The summed E-state index contributed by atoms with van der Waals surface area (Å²) in [5.74, 6) is -0.392. The molecule has 0 aliphatic carbocycles. The molecule has 2 atom stereocenters. The number of allylic oxidation sites excluding steroid dienone is 1. The van der Waals surface area contributed by atoms with Gasteiger partial charge >= 0.3 is 0 Å². The quantitative estimate of drug-likeness (QED) is 0.755. The van der Waals surface area contributed by atoms with Crippen molar-refractivity contribution in [2.45, 2.75) is 31.5 Å². The van der Waals surface area contributed by atoms with Crippen molar-refractivity contribution in [2.75, 3.05) is 13.2 Å². The number of ether oxygens (including phenoxy) is 2. The van der Waals surface area contributed by atoms with Crippen LogP contribution in [0.25, 0.3) is 10.1 Å². The molecular formula is C18H21NO4S. The first-order valence-electron chi connectivity index (χ1n) is 8.06. The minimum Gasteiger partial charge on any atom is -0.459 e.